The van der Waals surface area contributed by atoms with E-state index in [2.05, 4.69) is 6.58 Å². The second kappa shape index (κ2) is 24.8. The van der Waals surface area contributed by atoms with Gasteiger partial charge in [-0.1, -0.05) is 25.5 Å². The second-order valence-corrected chi connectivity index (χ2v) is 20.8. The average molecular weight is 1080 g/mol. The summed E-state index contributed by atoms with van der Waals surface area (Å²) in [5.41, 5.74) is -6.09. The highest BCUT2D eigenvalue weighted by Gasteiger charge is 2.67. The minimum atomic E-state index is -3.59. The Bertz CT molecular complexity index is 1950. The molecule has 0 aromatic rings. The molecule has 0 bridgehead atoms. The molecule has 0 aromatic heterocycles. The number of fused-ring (bicyclic) bond motifs is 3. The predicted molar refractivity (Wildman–Crippen MR) is 244 cm³/mol. The molecule has 428 valence electrons. The van der Waals surface area contributed by atoms with Crippen LogP contribution in [0.25, 0.3) is 0 Å². The van der Waals surface area contributed by atoms with Crippen LogP contribution in [-0.4, -0.2) is 240 Å². The van der Waals surface area contributed by atoms with Crippen LogP contribution in [0.4, 0.5) is 0 Å². The summed E-state index contributed by atoms with van der Waals surface area (Å²) in [6.07, 6.45) is -28.0. The first-order valence-corrected chi connectivity index (χ1v) is 24.6. The molecule has 19 N–H and O–H groups in total. The van der Waals surface area contributed by atoms with Crippen molar-refractivity contribution in [1.82, 2.24) is 0 Å². The molecule has 5 fully saturated rings. The van der Waals surface area contributed by atoms with Crippen LogP contribution in [0.2, 0.25) is 0 Å². The van der Waals surface area contributed by atoms with Crippen molar-refractivity contribution >= 4 is 5.97 Å². The number of esters is 1. The summed E-state index contributed by atoms with van der Waals surface area (Å²) in [5, 5.41) is 203. The average Bonchev–Trinajstić information content (AvgIpc) is 3.35. The quantitative estimate of drug-likeness (QED) is 0.0199. The highest BCUT2D eigenvalue weighted by molar-refractivity contribution is 5.77. The van der Waals surface area contributed by atoms with E-state index >= 15 is 0 Å². The van der Waals surface area contributed by atoms with Crippen LogP contribution in [0, 0.1) is 28.1 Å². The van der Waals surface area contributed by atoms with Crippen molar-refractivity contribution in [2.45, 2.75) is 183 Å². The van der Waals surface area contributed by atoms with Gasteiger partial charge in [-0.3, -0.25) is 14.3 Å². The number of aliphatic hydroxyl groups is 19. The lowest BCUT2D eigenvalue weighted by Crippen LogP contribution is -2.71. The smallest absolute Gasteiger partial charge is 0.323 e. The van der Waals surface area contributed by atoms with E-state index in [1.165, 1.54) is 0 Å². The Hall–Kier alpha value is -2.95. The molecular formula is C47H78O27. The molecule has 5 rings (SSSR count). The minimum Gasteiger partial charge on any atom is -0.506 e. The Morgan fingerprint density at radius 1 is 0.784 bits per heavy atom. The Kier molecular flexibility index (Phi) is 20.7. The van der Waals surface area contributed by atoms with E-state index in [4.69, 9.17) is 33.2 Å². The number of hydrogen-bond acceptors (Lipinski definition) is 27. The van der Waals surface area contributed by atoms with E-state index in [-0.39, 0.29) is 25.7 Å². The molecular weight excluding hydrogens is 996 g/mol. The standard InChI is InChI=1S/C47H78O27/c1-21-6-7-28-43(3)11-5-12-44(4,42(66)72-39(65)37(31(58)24(54)10-15-49)71-40-35(62)30(57)25(55)18-68-40)27(43)8-13-45(28,16-21)20-69-47(46(67,19-51)22(2)52,73-38(64)34(61)29(56)23(53)9-14-48)74-41-36(63)33(60)32(59)26(17-50)70-41/h22-28,30,32-33,35-36,38-41,48-65,67H,1,5-20H2,2-4H3/b34-29-,37-31-. The Balaban J connectivity index is 1.55. The van der Waals surface area contributed by atoms with Crippen molar-refractivity contribution < 1.29 is 135 Å². The Morgan fingerprint density at radius 2 is 1.41 bits per heavy atom. The number of hydrogen-bond donors (Lipinski definition) is 19. The molecule has 2 aliphatic heterocycles. The van der Waals surface area contributed by atoms with Gasteiger partial charge < -0.3 is 121 Å². The largest absolute Gasteiger partial charge is 0.506 e. The fraction of sp³-hybridized carbons (Fsp3) is 0.851. The summed E-state index contributed by atoms with van der Waals surface area (Å²) >= 11 is 0. The van der Waals surface area contributed by atoms with Gasteiger partial charge in [0.15, 0.2) is 29.2 Å². The number of carbonyl (C=O) groups is 1. The zero-order valence-electron chi connectivity index (χ0n) is 41.5. The molecule has 3 aliphatic carbocycles. The van der Waals surface area contributed by atoms with E-state index in [0.29, 0.717) is 31.3 Å². The first-order valence-electron chi connectivity index (χ1n) is 24.6. The topological polar surface area (TPSA) is 466 Å². The number of carbonyl (C=O) groups excluding carboxylic acids is 1. The lowest BCUT2D eigenvalue weighted by molar-refractivity contribution is -0.515. The summed E-state index contributed by atoms with van der Waals surface area (Å²) in [7, 11) is 0. The minimum absolute atomic E-state index is 0.125. The van der Waals surface area contributed by atoms with E-state index in [1.54, 1.807) is 6.92 Å². The van der Waals surface area contributed by atoms with Crippen LogP contribution >= 0.6 is 0 Å². The summed E-state index contributed by atoms with van der Waals surface area (Å²) in [5.74, 6) is -10.7. The van der Waals surface area contributed by atoms with E-state index < -0.39 is 207 Å². The summed E-state index contributed by atoms with van der Waals surface area (Å²) in [4.78, 5) is 14.6. The fourth-order valence-corrected chi connectivity index (χ4v) is 11.7. The maximum Gasteiger partial charge on any atom is 0.323 e. The molecule has 2 heterocycles. The molecule has 3 saturated carbocycles. The van der Waals surface area contributed by atoms with Crippen LogP contribution in [0.3, 0.4) is 0 Å². The van der Waals surface area contributed by atoms with Crippen LogP contribution in [-0.2, 0) is 38.0 Å². The zero-order valence-corrected chi connectivity index (χ0v) is 41.5. The van der Waals surface area contributed by atoms with Gasteiger partial charge in [-0.15, -0.1) is 0 Å². The summed E-state index contributed by atoms with van der Waals surface area (Å²) in [6, 6.07) is 0. The fourth-order valence-electron chi connectivity index (χ4n) is 11.7. The first kappa shape index (κ1) is 61.9. The molecule has 2 saturated heterocycles. The monoisotopic (exact) mass is 1070 g/mol. The maximum absolute atomic E-state index is 14.6. The Labute approximate surface area is 425 Å². The van der Waals surface area contributed by atoms with Crippen molar-refractivity contribution in [3.63, 3.8) is 0 Å². The normalized spacial score (nSPS) is 39.1. The Morgan fingerprint density at radius 3 is 2.00 bits per heavy atom. The number of rotatable bonds is 23. The van der Waals surface area contributed by atoms with Gasteiger partial charge in [-0.05, 0) is 76.0 Å². The summed E-state index contributed by atoms with van der Waals surface area (Å²) < 4.78 is 40.0. The van der Waals surface area contributed by atoms with Crippen LogP contribution in [0.15, 0.2) is 35.2 Å². The number of aliphatic hydroxyl groups excluding tert-OH is 18. The highest BCUT2D eigenvalue weighted by atomic mass is 16.9. The lowest BCUT2D eigenvalue weighted by atomic mass is 9.40. The van der Waals surface area contributed by atoms with Gasteiger partial charge in [0.2, 0.25) is 18.3 Å². The van der Waals surface area contributed by atoms with Gasteiger partial charge in [0.1, 0.15) is 54.9 Å². The molecule has 0 aromatic carbocycles. The van der Waals surface area contributed by atoms with Crippen molar-refractivity contribution in [3.8, 4) is 0 Å². The van der Waals surface area contributed by atoms with Gasteiger partial charge in [0.25, 0.3) is 6.29 Å². The maximum atomic E-state index is 14.6. The molecule has 21 atom stereocenters. The molecule has 0 amide bonds. The predicted octanol–water partition coefficient (Wildman–Crippen LogP) is -4.24. The zero-order chi connectivity index (χ0) is 55.5. The molecule has 27 heteroatoms. The van der Waals surface area contributed by atoms with E-state index in [1.807, 2.05) is 6.92 Å². The van der Waals surface area contributed by atoms with Gasteiger partial charge in [-0.2, -0.15) is 0 Å². The van der Waals surface area contributed by atoms with Crippen molar-refractivity contribution in [1.29, 1.82) is 0 Å². The number of ether oxygens (including phenoxy) is 7. The molecule has 0 radical (unpaired) electrons. The molecule has 21 unspecified atom stereocenters. The molecule has 5 aliphatic rings. The number of allylic oxidation sites excluding steroid dienone is 1. The third-order valence-corrected chi connectivity index (χ3v) is 16.0. The summed E-state index contributed by atoms with van der Waals surface area (Å²) in [6.45, 7) is 3.49. The van der Waals surface area contributed by atoms with Crippen molar-refractivity contribution in [2.75, 3.05) is 39.6 Å². The van der Waals surface area contributed by atoms with Crippen LogP contribution < -0.4 is 0 Å². The molecule has 0 spiro atoms. The van der Waals surface area contributed by atoms with Crippen molar-refractivity contribution in [2.24, 2.45) is 28.1 Å². The SMILES string of the molecule is C=C1CCC2C(COC(OC(O)/C(O)=C(/O)C(O)CCO)(OC3OC(CO)C(O)C(O)C3O)C(O)(CO)C(C)O)(CCC3C(C)(C(=O)OC(O)/C(OC4OCC(O)C(O)C4O)=C(/O)C(O)CCO)CCCC23C)C1. The van der Waals surface area contributed by atoms with E-state index in [0.717, 1.165) is 6.92 Å². The van der Waals surface area contributed by atoms with Gasteiger partial charge in [0, 0.05) is 31.5 Å². The first-order chi connectivity index (χ1) is 34.6. The lowest BCUT2D eigenvalue weighted by Gasteiger charge is -2.64. The van der Waals surface area contributed by atoms with Crippen LogP contribution in [0.5, 0.6) is 0 Å². The van der Waals surface area contributed by atoms with Crippen LogP contribution in [0.1, 0.15) is 85.0 Å². The molecule has 27 nitrogen and oxygen atoms in total. The highest BCUT2D eigenvalue weighted by Crippen LogP contribution is 2.68. The van der Waals surface area contributed by atoms with Gasteiger partial charge >= 0.3 is 11.9 Å². The third-order valence-electron chi connectivity index (χ3n) is 16.0. The third kappa shape index (κ3) is 12.0. The van der Waals surface area contributed by atoms with Crippen molar-refractivity contribution in [3.05, 3.63) is 35.2 Å². The molecule has 74 heavy (non-hydrogen) atoms. The van der Waals surface area contributed by atoms with Gasteiger partial charge in [0.05, 0.1) is 37.9 Å². The second-order valence-electron chi connectivity index (χ2n) is 20.8. The van der Waals surface area contributed by atoms with Gasteiger partial charge in [-0.25, -0.2) is 0 Å². The van der Waals surface area contributed by atoms with E-state index in [9.17, 15) is 102 Å².